The van der Waals surface area contributed by atoms with E-state index in [-0.39, 0.29) is 5.75 Å². The molecule has 1 aromatic carbocycles. The Hall–Kier alpha value is -0.810. The van der Waals surface area contributed by atoms with E-state index in [9.17, 15) is 8.78 Å². The van der Waals surface area contributed by atoms with Crippen molar-refractivity contribution in [2.75, 3.05) is 11.5 Å². The van der Waals surface area contributed by atoms with Gasteiger partial charge in [-0.05, 0) is 42.0 Å². The molecule has 2 rings (SSSR count). The Labute approximate surface area is 110 Å². The number of alkyl halides is 2. The van der Waals surface area contributed by atoms with Crippen LogP contribution in [0, 0.1) is 0 Å². The monoisotopic (exact) mass is 273 g/mol. The smallest absolute Gasteiger partial charge is 0.387 e. The summed E-state index contributed by atoms with van der Waals surface area (Å²) in [6, 6.07) is 7.40. The molecule has 100 valence electrons. The highest BCUT2D eigenvalue weighted by molar-refractivity contribution is 7.99. The van der Waals surface area contributed by atoms with Crippen molar-refractivity contribution in [3.63, 3.8) is 0 Å². The minimum Gasteiger partial charge on any atom is -0.435 e. The van der Waals surface area contributed by atoms with Crippen LogP contribution in [0.5, 0.6) is 5.75 Å². The van der Waals surface area contributed by atoms with Crippen LogP contribution in [0.3, 0.4) is 0 Å². The van der Waals surface area contributed by atoms with E-state index in [0.717, 1.165) is 12.1 Å². The van der Waals surface area contributed by atoms with Crippen molar-refractivity contribution in [1.29, 1.82) is 0 Å². The molecule has 1 aliphatic heterocycles. The van der Waals surface area contributed by atoms with Crippen LogP contribution in [0.4, 0.5) is 8.78 Å². The Morgan fingerprint density at radius 3 is 2.50 bits per heavy atom. The van der Waals surface area contributed by atoms with Gasteiger partial charge in [0.1, 0.15) is 5.75 Å². The lowest BCUT2D eigenvalue weighted by Crippen LogP contribution is -2.31. The van der Waals surface area contributed by atoms with Gasteiger partial charge in [0, 0.05) is 12.6 Å². The molecule has 18 heavy (non-hydrogen) atoms. The zero-order valence-corrected chi connectivity index (χ0v) is 10.9. The Morgan fingerprint density at radius 1 is 1.22 bits per heavy atom. The van der Waals surface area contributed by atoms with Crippen LogP contribution in [0.25, 0.3) is 0 Å². The summed E-state index contributed by atoms with van der Waals surface area (Å²) in [5.74, 6) is 2.65. The third kappa shape index (κ3) is 4.46. The Morgan fingerprint density at radius 2 is 1.89 bits per heavy atom. The molecular weight excluding hydrogens is 256 g/mol. The quantitative estimate of drug-likeness (QED) is 0.889. The van der Waals surface area contributed by atoms with Gasteiger partial charge < -0.3 is 10.1 Å². The highest BCUT2D eigenvalue weighted by Crippen LogP contribution is 2.18. The van der Waals surface area contributed by atoms with Gasteiger partial charge in [0.2, 0.25) is 0 Å². The summed E-state index contributed by atoms with van der Waals surface area (Å²) in [7, 11) is 0. The van der Waals surface area contributed by atoms with Gasteiger partial charge in [0.15, 0.2) is 0 Å². The standard InChI is InChI=1S/C13H17F2NOS/c14-13(15)17-12-3-1-10(2-4-12)9-16-11-5-7-18-8-6-11/h1-4,11,13,16H,5-9H2. The lowest BCUT2D eigenvalue weighted by molar-refractivity contribution is -0.0498. The number of halogens is 2. The van der Waals surface area contributed by atoms with E-state index < -0.39 is 6.61 Å². The van der Waals surface area contributed by atoms with Crippen LogP contribution in [-0.4, -0.2) is 24.2 Å². The largest absolute Gasteiger partial charge is 0.435 e. The summed E-state index contributed by atoms with van der Waals surface area (Å²) < 4.78 is 28.3. The molecule has 0 atom stereocenters. The molecule has 0 saturated carbocycles. The van der Waals surface area contributed by atoms with Crippen LogP contribution in [0.2, 0.25) is 0 Å². The predicted octanol–water partition coefficient (Wildman–Crippen LogP) is 3.27. The maximum absolute atomic E-state index is 12.0. The highest BCUT2D eigenvalue weighted by atomic mass is 32.2. The number of thioether (sulfide) groups is 1. The summed E-state index contributed by atoms with van der Waals surface area (Å²) in [6.45, 7) is -1.97. The van der Waals surface area contributed by atoms with Crippen LogP contribution < -0.4 is 10.1 Å². The molecule has 5 heteroatoms. The summed E-state index contributed by atoms with van der Waals surface area (Å²) in [5.41, 5.74) is 1.09. The maximum Gasteiger partial charge on any atom is 0.387 e. The molecule has 1 aliphatic rings. The number of nitrogens with one attached hydrogen (secondary N) is 1. The fraction of sp³-hybridized carbons (Fsp3) is 0.538. The first kappa shape index (κ1) is 13.6. The number of hydrogen-bond donors (Lipinski definition) is 1. The Bertz CT molecular complexity index is 353. The molecule has 0 aromatic heterocycles. The number of rotatable bonds is 5. The third-order valence-corrected chi connectivity index (χ3v) is 4.01. The number of hydrogen-bond acceptors (Lipinski definition) is 3. The summed E-state index contributed by atoms with van der Waals surface area (Å²) >= 11 is 2.00. The van der Waals surface area contributed by atoms with E-state index in [2.05, 4.69) is 10.1 Å². The van der Waals surface area contributed by atoms with Crippen molar-refractivity contribution in [1.82, 2.24) is 5.32 Å². The first-order chi connectivity index (χ1) is 8.74. The van der Waals surface area contributed by atoms with Crippen molar-refractivity contribution >= 4 is 11.8 Å². The normalized spacial score (nSPS) is 17.1. The maximum atomic E-state index is 12.0. The van der Waals surface area contributed by atoms with Gasteiger partial charge in [-0.3, -0.25) is 0 Å². The molecule has 0 amide bonds. The van der Waals surface area contributed by atoms with Gasteiger partial charge in [-0.2, -0.15) is 20.5 Å². The van der Waals surface area contributed by atoms with E-state index >= 15 is 0 Å². The van der Waals surface area contributed by atoms with Crippen molar-refractivity contribution in [3.8, 4) is 5.75 Å². The predicted molar refractivity (Wildman–Crippen MR) is 70.3 cm³/mol. The molecule has 1 fully saturated rings. The molecule has 1 heterocycles. The molecule has 0 aliphatic carbocycles. The zero-order chi connectivity index (χ0) is 12.8. The molecule has 0 spiro atoms. The van der Waals surface area contributed by atoms with E-state index in [0.29, 0.717) is 6.04 Å². The summed E-state index contributed by atoms with van der Waals surface area (Å²) in [6.07, 6.45) is 2.41. The summed E-state index contributed by atoms with van der Waals surface area (Å²) in [5, 5.41) is 3.50. The molecular formula is C13H17F2NOS. The zero-order valence-electron chi connectivity index (χ0n) is 10.1. The van der Waals surface area contributed by atoms with Crippen LogP contribution >= 0.6 is 11.8 Å². The van der Waals surface area contributed by atoms with Crippen LogP contribution in [0.15, 0.2) is 24.3 Å². The molecule has 0 radical (unpaired) electrons. The minimum atomic E-state index is -2.76. The Balaban J connectivity index is 1.78. The van der Waals surface area contributed by atoms with E-state index in [4.69, 9.17) is 0 Å². The average molecular weight is 273 g/mol. The van der Waals surface area contributed by atoms with Gasteiger partial charge in [-0.25, -0.2) is 0 Å². The molecule has 0 bridgehead atoms. The first-order valence-corrected chi connectivity index (χ1v) is 7.24. The van der Waals surface area contributed by atoms with Gasteiger partial charge in [0.05, 0.1) is 0 Å². The minimum absolute atomic E-state index is 0.211. The topological polar surface area (TPSA) is 21.3 Å². The number of ether oxygens (including phenoxy) is 1. The second-order valence-corrected chi connectivity index (χ2v) is 5.51. The molecule has 2 nitrogen and oxygen atoms in total. The third-order valence-electron chi connectivity index (χ3n) is 2.96. The highest BCUT2D eigenvalue weighted by Gasteiger charge is 2.12. The molecule has 1 aromatic rings. The average Bonchev–Trinajstić information content (AvgIpc) is 2.38. The van der Waals surface area contributed by atoms with Gasteiger partial charge in [-0.1, -0.05) is 12.1 Å². The molecule has 0 unspecified atom stereocenters. The molecule has 1 N–H and O–H groups in total. The fourth-order valence-corrected chi connectivity index (χ4v) is 3.06. The van der Waals surface area contributed by atoms with Gasteiger partial charge in [-0.15, -0.1) is 0 Å². The summed E-state index contributed by atoms with van der Waals surface area (Å²) in [4.78, 5) is 0. The van der Waals surface area contributed by atoms with Crippen LogP contribution in [0.1, 0.15) is 18.4 Å². The lowest BCUT2D eigenvalue weighted by Gasteiger charge is -2.22. The number of benzene rings is 1. The van der Waals surface area contributed by atoms with Crippen molar-refractivity contribution < 1.29 is 13.5 Å². The molecule has 1 saturated heterocycles. The van der Waals surface area contributed by atoms with E-state index in [1.807, 2.05) is 23.9 Å². The van der Waals surface area contributed by atoms with Crippen molar-refractivity contribution in [2.45, 2.75) is 32.0 Å². The van der Waals surface area contributed by atoms with E-state index in [1.54, 1.807) is 12.1 Å². The first-order valence-electron chi connectivity index (χ1n) is 6.09. The van der Waals surface area contributed by atoms with Crippen molar-refractivity contribution in [2.24, 2.45) is 0 Å². The SMILES string of the molecule is FC(F)Oc1ccc(CNC2CCSCC2)cc1. The second-order valence-electron chi connectivity index (χ2n) is 4.29. The Kier molecular flexibility index (Phi) is 5.26. The fourth-order valence-electron chi connectivity index (χ4n) is 1.95. The van der Waals surface area contributed by atoms with Gasteiger partial charge >= 0.3 is 6.61 Å². The lowest BCUT2D eigenvalue weighted by atomic mass is 10.1. The second kappa shape index (κ2) is 6.95. The van der Waals surface area contributed by atoms with E-state index in [1.165, 1.54) is 24.3 Å². The van der Waals surface area contributed by atoms with Crippen molar-refractivity contribution in [3.05, 3.63) is 29.8 Å². The van der Waals surface area contributed by atoms with Crippen LogP contribution in [-0.2, 0) is 6.54 Å². The van der Waals surface area contributed by atoms with Gasteiger partial charge in [0.25, 0.3) is 0 Å².